The number of nitriles is 1. The lowest BCUT2D eigenvalue weighted by molar-refractivity contribution is 0.0647. The molecular weight excluding hydrogens is 238 g/mol. The quantitative estimate of drug-likeness (QED) is 0.839. The summed E-state index contributed by atoms with van der Waals surface area (Å²) in [7, 11) is 0. The highest BCUT2D eigenvalue weighted by molar-refractivity contribution is 5.27. The normalized spacial score (nSPS) is 17.7. The molecule has 0 atom stereocenters. The van der Waals surface area contributed by atoms with Gasteiger partial charge in [-0.3, -0.25) is 4.68 Å². The average molecular weight is 261 g/mol. The Morgan fingerprint density at radius 2 is 2.05 bits per heavy atom. The molecule has 0 unspecified atom stereocenters. The smallest absolute Gasteiger partial charge is 0.0934 e. The van der Waals surface area contributed by atoms with E-state index in [1.165, 1.54) is 0 Å². The fourth-order valence-corrected chi connectivity index (χ4v) is 2.43. The Labute approximate surface area is 115 Å². The minimum atomic E-state index is -0.502. The summed E-state index contributed by atoms with van der Waals surface area (Å²) in [6.07, 6.45) is 1.96. The number of hydrogen-bond acceptors (Lipinski definition) is 3. The van der Waals surface area contributed by atoms with Crippen molar-refractivity contribution in [3.63, 3.8) is 0 Å². The van der Waals surface area contributed by atoms with Crippen LogP contribution in [0, 0.1) is 11.3 Å². The summed E-state index contributed by atoms with van der Waals surface area (Å²) in [6, 6.07) is 4.86. The van der Waals surface area contributed by atoms with Crippen LogP contribution in [0.1, 0.15) is 63.9 Å². The summed E-state index contributed by atoms with van der Waals surface area (Å²) in [6.45, 7) is 9.77. The van der Waals surface area contributed by atoms with Crippen molar-refractivity contribution in [3.8, 4) is 6.07 Å². The first-order valence-corrected chi connectivity index (χ1v) is 7.04. The molecular formula is C15H23N3O. The van der Waals surface area contributed by atoms with E-state index < -0.39 is 5.41 Å². The third-order valence-electron chi connectivity index (χ3n) is 3.80. The van der Waals surface area contributed by atoms with Crippen molar-refractivity contribution in [1.82, 2.24) is 9.78 Å². The van der Waals surface area contributed by atoms with Crippen molar-refractivity contribution >= 4 is 0 Å². The lowest BCUT2D eigenvalue weighted by atomic mass is 9.90. The number of rotatable bonds is 3. The molecule has 1 aliphatic heterocycles. The molecule has 0 saturated carbocycles. The molecule has 4 nitrogen and oxygen atoms in total. The standard InChI is InChI=1S/C15H23N3O/c1-11(2)13-9-14(15(3,4)10-16)18(17-13)12-5-7-19-8-6-12/h9,11-12H,5-8H2,1-4H3. The van der Waals surface area contributed by atoms with Crippen LogP contribution in [0.2, 0.25) is 0 Å². The first kappa shape index (κ1) is 14.1. The van der Waals surface area contributed by atoms with Crippen LogP contribution in [-0.4, -0.2) is 23.0 Å². The molecule has 1 saturated heterocycles. The van der Waals surface area contributed by atoms with Crippen molar-refractivity contribution in [2.45, 2.75) is 57.9 Å². The zero-order valence-electron chi connectivity index (χ0n) is 12.3. The van der Waals surface area contributed by atoms with Crippen LogP contribution in [0.25, 0.3) is 0 Å². The van der Waals surface area contributed by atoms with Gasteiger partial charge in [0.15, 0.2) is 0 Å². The van der Waals surface area contributed by atoms with Crippen LogP contribution in [0.3, 0.4) is 0 Å². The minimum Gasteiger partial charge on any atom is -0.381 e. The van der Waals surface area contributed by atoms with Gasteiger partial charge in [0.1, 0.15) is 0 Å². The van der Waals surface area contributed by atoms with Crippen LogP contribution in [0.15, 0.2) is 6.07 Å². The fourth-order valence-electron chi connectivity index (χ4n) is 2.43. The molecule has 0 radical (unpaired) electrons. The zero-order chi connectivity index (χ0) is 14.0. The largest absolute Gasteiger partial charge is 0.381 e. The van der Waals surface area contributed by atoms with Gasteiger partial charge in [-0.1, -0.05) is 13.8 Å². The molecule has 0 spiro atoms. The molecule has 0 amide bonds. The Balaban J connectivity index is 2.42. The van der Waals surface area contributed by atoms with Crippen molar-refractivity contribution in [2.24, 2.45) is 0 Å². The van der Waals surface area contributed by atoms with Crippen LogP contribution < -0.4 is 0 Å². The number of ether oxygens (including phenoxy) is 1. The third-order valence-corrected chi connectivity index (χ3v) is 3.80. The predicted molar refractivity (Wildman–Crippen MR) is 74.0 cm³/mol. The minimum absolute atomic E-state index is 0.365. The van der Waals surface area contributed by atoms with Gasteiger partial charge >= 0.3 is 0 Å². The van der Waals surface area contributed by atoms with Gasteiger partial charge in [-0.2, -0.15) is 10.4 Å². The van der Waals surface area contributed by atoms with Gasteiger partial charge in [-0.05, 0) is 38.7 Å². The van der Waals surface area contributed by atoms with Crippen molar-refractivity contribution in [2.75, 3.05) is 13.2 Å². The van der Waals surface area contributed by atoms with Gasteiger partial charge in [0, 0.05) is 13.2 Å². The molecule has 1 aromatic heterocycles. The molecule has 1 fully saturated rings. The van der Waals surface area contributed by atoms with E-state index in [2.05, 4.69) is 30.7 Å². The summed E-state index contributed by atoms with van der Waals surface area (Å²) >= 11 is 0. The maximum Gasteiger partial charge on any atom is 0.0934 e. The molecule has 19 heavy (non-hydrogen) atoms. The summed E-state index contributed by atoms with van der Waals surface area (Å²) in [4.78, 5) is 0. The van der Waals surface area contributed by atoms with Gasteiger partial charge in [0.2, 0.25) is 0 Å². The van der Waals surface area contributed by atoms with Gasteiger partial charge in [-0.25, -0.2) is 0 Å². The highest BCUT2D eigenvalue weighted by atomic mass is 16.5. The van der Waals surface area contributed by atoms with Gasteiger partial charge in [0.05, 0.1) is 28.9 Å². The predicted octanol–water partition coefficient (Wildman–Crippen LogP) is 3.16. The molecule has 0 aliphatic carbocycles. The Morgan fingerprint density at radius 1 is 1.42 bits per heavy atom. The van der Waals surface area contributed by atoms with E-state index >= 15 is 0 Å². The second-order valence-corrected chi connectivity index (χ2v) is 6.13. The van der Waals surface area contributed by atoms with Gasteiger partial charge < -0.3 is 4.74 Å². The van der Waals surface area contributed by atoms with Gasteiger partial charge in [0.25, 0.3) is 0 Å². The summed E-state index contributed by atoms with van der Waals surface area (Å²) in [5.74, 6) is 0.384. The maximum atomic E-state index is 9.40. The van der Waals surface area contributed by atoms with Crippen LogP contribution in [0.5, 0.6) is 0 Å². The lowest BCUT2D eigenvalue weighted by Crippen LogP contribution is -2.27. The number of hydrogen-bond donors (Lipinski definition) is 0. The lowest BCUT2D eigenvalue weighted by Gasteiger charge is -2.27. The summed E-state index contributed by atoms with van der Waals surface area (Å²) < 4.78 is 7.51. The fraction of sp³-hybridized carbons (Fsp3) is 0.733. The summed E-state index contributed by atoms with van der Waals surface area (Å²) in [5.41, 5.74) is 1.61. The molecule has 0 bridgehead atoms. The van der Waals surface area contributed by atoms with E-state index in [0.29, 0.717) is 12.0 Å². The van der Waals surface area contributed by atoms with E-state index in [-0.39, 0.29) is 0 Å². The van der Waals surface area contributed by atoms with Crippen molar-refractivity contribution in [3.05, 3.63) is 17.5 Å². The third kappa shape index (κ3) is 2.82. The maximum absolute atomic E-state index is 9.40. The first-order chi connectivity index (χ1) is 8.95. The topological polar surface area (TPSA) is 50.8 Å². The number of nitrogens with zero attached hydrogens (tertiary/aromatic N) is 3. The molecule has 1 aliphatic rings. The Hall–Kier alpha value is -1.34. The monoisotopic (exact) mass is 261 g/mol. The Bertz CT molecular complexity index is 476. The molecule has 2 heterocycles. The van der Waals surface area contributed by atoms with Crippen molar-refractivity contribution in [1.29, 1.82) is 5.26 Å². The SMILES string of the molecule is CC(C)c1cc(C(C)(C)C#N)n(C2CCOCC2)n1. The second kappa shape index (κ2) is 5.34. The molecule has 104 valence electrons. The van der Waals surface area contributed by atoms with Gasteiger partial charge in [-0.15, -0.1) is 0 Å². The number of aromatic nitrogens is 2. The first-order valence-electron chi connectivity index (χ1n) is 7.04. The summed E-state index contributed by atoms with van der Waals surface area (Å²) in [5, 5.41) is 14.2. The van der Waals surface area contributed by atoms with Crippen molar-refractivity contribution < 1.29 is 4.74 Å². The second-order valence-electron chi connectivity index (χ2n) is 6.13. The van der Waals surface area contributed by atoms with E-state index in [9.17, 15) is 5.26 Å². The Kier molecular flexibility index (Phi) is 3.96. The van der Waals surface area contributed by atoms with E-state index in [1.54, 1.807) is 0 Å². The highest BCUT2D eigenvalue weighted by Crippen LogP contribution is 2.31. The molecule has 0 aromatic carbocycles. The highest BCUT2D eigenvalue weighted by Gasteiger charge is 2.30. The van der Waals surface area contributed by atoms with Crippen LogP contribution in [-0.2, 0) is 10.2 Å². The van der Waals surface area contributed by atoms with E-state index in [4.69, 9.17) is 9.84 Å². The van der Waals surface area contributed by atoms with E-state index in [1.807, 2.05) is 13.8 Å². The zero-order valence-corrected chi connectivity index (χ0v) is 12.3. The average Bonchev–Trinajstić information content (AvgIpc) is 2.86. The Morgan fingerprint density at radius 3 is 2.58 bits per heavy atom. The molecule has 0 N–H and O–H groups in total. The molecule has 2 rings (SSSR count). The van der Waals surface area contributed by atoms with Crippen LogP contribution >= 0.6 is 0 Å². The van der Waals surface area contributed by atoms with E-state index in [0.717, 1.165) is 37.4 Å². The molecule has 4 heteroatoms. The molecule has 1 aromatic rings. The van der Waals surface area contributed by atoms with Crippen LogP contribution in [0.4, 0.5) is 0 Å².